The number of carbonyl (C=O) groups excluding carboxylic acids is 2. The minimum atomic E-state index is -0.125. The van der Waals surface area contributed by atoms with Crippen LogP contribution in [0.5, 0.6) is 11.5 Å². The predicted molar refractivity (Wildman–Crippen MR) is 92.3 cm³/mol. The quantitative estimate of drug-likeness (QED) is 0.813. The number of hydrogen-bond acceptors (Lipinski definition) is 4. The first-order valence-electron chi connectivity index (χ1n) is 8.12. The average Bonchev–Trinajstić information content (AvgIpc) is 2.62. The molecule has 1 aliphatic rings. The molecule has 1 N–H and O–H groups in total. The Labute approximate surface area is 142 Å². The number of nitrogens with zero attached hydrogens (tertiary/aromatic N) is 1. The second-order valence-corrected chi connectivity index (χ2v) is 5.59. The average molecular weight is 332 g/mol. The van der Waals surface area contributed by atoms with Gasteiger partial charge in [0.15, 0.2) is 0 Å². The molecule has 1 aromatic rings. The lowest BCUT2D eigenvalue weighted by atomic mass is 9.95. The van der Waals surface area contributed by atoms with E-state index in [4.69, 9.17) is 9.47 Å². The van der Waals surface area contributed by atoms with Crippen molar-refractivity contribution in [2.75, 3.05) is 32.1 Å². The SMILES string of the molecule is C=CC(=O)N1CCC(C(=O)Nc2cc(OC)ccc2OCC)CC1. The van der Waals surface area contributed by atoms with Crippen LogP contribution >= 0.6 is 0 Å². The zero-order valence-corrected chi connectivity index (χ0v) is 14.2. The van der Waals surface area contributed by atoms with Gasteiger partial charge in [-0.3, -0.25) is 9.59 Å². The Balaban J connectivity index is 2.02. The zero-order chi connectivity index (χ0) is 17.5. The Hall–Kier alpha value is -2.50. The van der Waals surface area contributed by atoms with Crippen LogP contribution < -0.4 is 14.8 Å². The number of piperidine rings is 1. The van der Waals surface area contributed by atoms with E-state index in [0.29, 0.717) is 49.7 Å². The molecule has 6 nitrogen and oxygen atoms in total. The van der Waals surface area contributed by atoms with E-state index in [-0.39, 0.29) is 17.7 Å². The summed E-state index contributed by atoms with van der Waals surface area (Å²) in [7, 11) is 1.58. The number of carbonyl (C=O) groups is 2. The molecular formula is C18H24N2O4. The number of methoxy groups -OCH3 is 1. The number of benzene rings is 1. The lowest BCUT2D eigenvalue weighted by Crippen LogP contribution is -2.40. The summed E-state index contributed by atoms with van der Waals surface area (Å²) in [5.41, 5.74) is 0.603. The monoisotopic (exact) mass is 332 g/mol. The third-order valence-electron chi connectivity index (χ3n) is 4.10. The molecule has 1 aromatic carbocycles. The maximum absolute atomic E-state index is 12.5. The molecule has 2 rings (SSSR count). The first-order valence-corrected chi connectivity index (χ1v) is 8.12. The van der Waals surface area contributed by atoms with E-state index < -0.39 is 0 Å². The number of anilines is 1. The molecule has 0 aliphatic carbocycles. The van der Waals surface area contributed by atoms with Crippen molar-refractivity contribution in [1.29, 1.82) is 0 Å². The van der Waals surface area contributed by atoms with Gasteiger partial charge in [-0.2, -0.15) is 0 Å². The molecule has 24 heavy (non-hydrogen) atoms. The Kier molecular flexibility index (Phi) is 6.23. The van der Waals surface area contributed by atoms with Gasteiger partial charge in [0.1, 0.15) is 11.5 Å². The van der Waals surface area contributed by atoms with Crippen LogP contribution in [0.4, 0.5) is 5.69 Å². The largest absolute Gasteiger partial charge is 0.497 e. The molecule has 1 saturated heterocycles. The molecule has 2 amide bonds. The summed E-state index contributed by atoms with van der Waals surface area (Å²) >= 11 is 0. The number of amides is 2. The van der Waals surface area contributed by atoms with Crippen LogP contribution in [0.2, 0.25) is 0 Å². The fraction of sp³-hybridized carbons (Fsp3) is 0.444. The molecule has 1 aliphatic heterocycles. The Morgan fingerprint density at radius 2 is 2.08 bits per heavy atom. The third kappa shape index (κ3) is 4.28. The summed E-state index contributed by atoms with van der Waals surface area (Å²) in [5.74, 6) is 1.00. The van der Waals surface area contributed by atoms with E-state index in [1.165, 1.54) is 6.08 Å². The molecule has 0 bridgehead atoms. The van der Waals surface area contributed by atoms with Crippen molar-refractivity contribution in [3.63, 3.8) is 0 Å². The summed E-state index contributed by atoms with van der Waals surface area (Å²) in [5, 5.41) is 2.93. The van der Waals surface area contributed by atoms with Crippen molar-refractivity contribution in [2.45, 2.75) is 19.8 Å². The first kappa shape index (κ1) is 17.8. The van der Waals surface area contributed by atoms with Crippen molar-refractivity contribution < 1.29 is 19.1 Å². The number of ether oxygens (including phenoxy) is 2. The van der Waals surface area contributed by atoms with Crippen LogP contribution in [-0.4, -0.2) is 43.5 Å². The third-order valence-corrected chi connectivity index (χ3v) is 4.10. The van der Waals surface area contributed by atoms with Gasteiger partial charge in [0, 0.05) is 25.1 Å². The van der Waals surface area contributed by atoms with Gasteiger partial charge in [-0.15, -0.1) is 0 Å². The standard InChI is InChI=1S/C18H24N2O4/c1-4-17(21)20-10-8-13(9-11-20)18(22)19-15-12-14(23-3)6-7-16(15)24-5-2/h4,6-7,12-13H,1,5,8-11H2,2-3H3,(H,19,22). The molecule has 0 radical (unpaired) electrons. The molecule has 1 fully saturated rings. The lowest BCUT2D eigenvalue weighted by Gasteiger charge is -2.30. The molecular weight excluding hydrogens is 308 g/mol. The number of nitrogens with one attached hydrogen (secondary N) is 1. The number of hydrogen-bond donors (Lipinski definition) is 1. The molecule has 0 saturated carbocycles. The van der Waals surface area contributed by atoms with Crippen LogP contribution in [0, 0.1) is 5.92 Å². The molecule has 1 heterocycles. The highest BCUT2D eigenvalue weighted by Gasteiger charge is 2.27. The summed E-state index contributed by atoms with van der Waals surface area (Å²) < 4.78 is 10.8. The van der Waals surface area contributed by atoms with E-state index in [1.54, 1.807) is 30.2 Å². The maximum atomic E-state index is 12.5. The number of rotatable bonds is 6. The molecule has 0 spiro atoms. The van der Waals surface area contributed by atoms with E-state index in [9.17, 15) is 9.59 Å². The maximum Gasteiger partial charge on any atom is 0.245 e. The van der Waals surface area contributed by atoms with Crippen LogP contribution in [0.3, 0.4) is 0 Å². The minimum Gasteiger partial charge on any atom is -0.497 e. The molecule has 6 heteroatoms. The van der Waals surface area contributed by atoms with E-state index >= 15 is 0 Å². The van der Waals surface area contributed by atoms with Gasteiger partial charge in [-0.1, -0.05) is 6.58 Å². The van der Waals surface area contributed by atoms with Gasteiger partial charge >= 0.3 is 0 Å². The second kappa shape index (κ2) is 8.38. The summed E-state index contributed by atoms with van der Waals surface area (Å²) in [6.45, 7) is 7.03. The van der Waals surface area contributed by atoms with Gasteiger partial charge in [-0.25, -0.2) is 0 Å². The van der Waals surface area contributed by atoms with Crippen molar-refractivity contribution in [1.82, 2.24) is 4.90 Å². The molecule has 0 aromatic heterocycles. The van der Waals surface area contributed by atoms with Crippen LogP contribution in [0.25, 0.3) is 0 Å². The van der Waals surface area contributed by atoms with Crippen molar-refractivity contribution in [3.8, 4) is 11.5 Å². The highest BCUT2D eigenvalue weighted by molar-refractivity contribution is 5.94. The highest BCUT2D eigenvalue weighted by Crippen LogP contribution is 2.30. The minimum absolute atomic E-state index is 0.0603. The van der Waals surface area contributed by atoms with E-state index in [0.717, 1.165) is 0 Å². The van der Waals surface area contributed by atoms with Crippen molar-refractivity contribution in [3.05, 3.63) is 30.9 Å². The highest BCUT2D eigenvalue weighted by atomic mass is 16.5. The summed E-state index contributed by atoms with van der Waals surface area (Å²) in [6.07, 6.45) is 2.59. The second-order valence-electron chi connectivity index (χ2n) is 5.59. The molecule has 0 unspecified atom stereocenters. The van der Waals surface area contributed by atoms with Crippen LogP contribution in [-0.2, 0) is 9.59 Å². The van der Waals surface area contributed by atoms with Gasteiger partial charge in [0.2, 0.25) is 11.8 Å². The van der Waals surface area contributed by atoms with Gasteiger partial charge in [-0.05, 0) is 38.0 Å². The van der Waals surface area contributed by atoms with Gasteiger partial charge in [0.25, 0.3) is 0 Å². The fourth-order valence-corrected chi connectivity index (χ4v) is 2.74. The van der Waals surface area contributed by atoms with Gasteiger partial charge in [0.05, 0.1) is 19.4 Å². The summed E-state index contributed by atoms with van der Waals surface area (Å²) in [6, 6.07) is 5.32. The van der Waals surface area contributed by atoms with Crippen LogP contribution in [0.1, 0.15) is 19.8 Å². The topological polar surface area (TPSA) is 67.9 Å². The fourth-order valence-electron chi connectivity index (χ4n) is 2.74. The zero-order valence-electron chi connectivity index (χ0n) is 14.2. The van der Waals surface area contributed by atoms with Crippen molar-refractivity contribution >= 4 is 17.5 Å². The van der Waals surface area contributed by atoms with Crippen LogP contribution in [0.15, 0.2) is 30.9 Å². The van der Waals surface area contributed by atoms with Crippen molar-refractivity contribution in [2.24, 2.45) is 5.92 Å². The lowest BCUT2D eigenvalue weighted by molar-refractivity contribution is -0.130. The van der Waals surface area contributed by atoms with Gasteiger partial charge < -0.3 is 19.7 Å². The smallest absolute Gasteiger partial charge is 0.245 e. The van der Waals surface area contributed by atoms with E-state index in [1.807, 2.05) is 6.92 Å². The number of likely N-dealkylation sites (tertiary alicyclic amines) is 1. The Morgan fingerprint density at radius 3 is 2.67 bits per heavy atom. The predicted octanol–water partition coefficient (Wildman–Crippen LogP) is 2.46. The molecule has 130 valence electrons. The molecule has 0 atom stereocenters. The normalized spacial score (nSPS) is 14.8. The first-order chi connectivity index (χ1) is 11.6. The summed E-state index contributed by atoms with van der Waals surface area (Å²) in [4.78, 5) is 25.9. The Bertz CT molecular complexity index is 607. The Morgan fingerprint density at radius 1 is 1.38 bits per heavy atom. The van der Waals surface area contributed by atoms with E-state index in [2.05, 4.69) is 11.9 Å².